The first-order valence-corrected chi connectivity index (χ1v) is 21.6. The Kier molecular flexibility index (Phi) is 7.91. The fourth-order valence-corrected chi connectivity index (χ4v) is 10.1. The number of furan rings is 1. The first-order chi connectivity index (χ1) is 31.2. The second kappa shape index (κ2) is 14.1. The highest BCUT2D eigenvalue weighted by molar-refractivity contribution is 6.26. The lowest BCUT2D eigenvalue weighted by Gasteiger charge is -2.27. The molecule has 0 aliphatic carbocycles. The molecule has 2 aromatic heterocycles. The molecule has 13 aromatic rings. The maximum Gasteiger partial charge on any atom is 0.136 e. The smallest absolute Gasteiger partial charge is 0.136 e. The molecule has 0 bridgehead atoms. The number of aromatic nitrogens is 1. The standard InChI is InChI=1S/C60H38N2O/c1-2-17-49-47(15-1)48-16-3-4-18-50(48)55-38-45(35-36-51(49)55)61(43-31-33-44(34-32-43)62-56-23-8-5-19-52(56)53-20-6-9-24-57(53)62)42-29-27-39(28-30-42)40-13-11-14-41(37-40)46-22-12-26-59-60(46)54-21-7-10-25-58(54)63-59/h1-38H. The number of para-hydroxylation sites is 3. The highest BCUT2D eigenvalue weighted by Crippen LogP contribution is 2.43. The van der Waals surface area contributed by atoms with Crippen molar-refractivity contribution in [3.05, 3.63) is 231 Å². The monoisotopic (exact) mass is 802 g/mol. The van der Waals surface area contributed by atoms with Crippen molar-refractivity contribution in [2.45, 2.75) is 0 Å². The Morgan fingerprint density at radius 2 is 0.794 bits per heavy atom. The fraction of sp³-hybridized carbons (Fsp3) is 0. The van der Waals surface area contributed by atoms with Gasteiger partial charge in [0.1, 0.15) is 11.2 Å². The summed E-state index contributed by atoms with van der Waals surface area (Å²) < 4.78 is 8.63. The molecule has 0 N–H and O–H groups in total. The Morgan fingerprint density at radius 3 is 1.46 bits per heavy atom. The zero-order valence-corrected chi connectivity index (χ0v) is 34.2. The van der Waals surface area contributed by atoms with Crippen LogP contribution in [0, 0.1) is 0 Å². The van der Waals surface area contributed by atoms with Gasteiger partial charge in [-0.1, -0.05) is 152 Å². The zero-order chi connectivity index (χ0) is 41.4. The average molecular weight is 803 g/mol. The van der Waals surface area contributed by atoms with Gasteiger partial charge in [0.2, 0.25) is 0 Å². The molecule has 0 saturated heterocycles. The predicted octanol–water partition coefficient (Wildman–Crippen LogP) is 16.9. The molecule has 11 aromatic carbocycles. The summed E-state index contributed by atoms with van der Waals surface area (Å²) in [4.78, 5) is 2.39. The van der Waals surface area contributed by atoms with Crippen LogP contribution in [0.15, 0.2) is 235 Å². The lowest BCUT2D eigenvalue weighted by Crippen LogP contribution is -2.10. The van der Waals surface area contributed by atoms with Crippen LogP contribution in [0.3, 0.4) is 0 Å². The molecule has 63 heavy (non-hydrogen) atoms. The van der Waals surface area contributed by atoms with Gasteiger partial charge in [-0.15, -0.1) is 0 Å². The van der Waals surface area contributed by atoms with Crippen LogP contribution in [0.2, 0.25) is 0 Å². The molecule has 0 spiro atoms. The largest absolute Gasteiger partial charge is 0.456 e. The summed E-state index contributed by atoms with van der Waals surface area (Å²) in [6.07, 6.45) is 0. The van der Waals surface area contributed by atoms with Crippen LogP contribution in [0.1, 0.15) is 0 Å². The second-order valence-corrected chi connectivity index (χ2v) is 16.4. The molecule has 0 aliphatic rings. The number of nitrogens with zero attached hydrogens (tertiary/aromatic N) is 2. The molecule has 3 heteroatoms. The average Bonchev–Trinajstić information content (AvgIpc) is 3.91. The van der Waals surface area contributed by atoms with Gasteiger partial charge >= 0.3 is 0 Å². The van der Waals surface area contributed by atoms with Crippen molar-refractivity contribution in [2.75, 3.05) is 4.90 Å². The second-order valence-electron chi connectivity index (χ2n) is 16.4. The summed E-state index contributed by atoms with van der Waals surface area (Å²) in [5.41, 5.74) is 13.3. The van der Waals surface area contributed by atoms with E-state index in [-0.39, 0.29) is 0 Å². The Morgan fingerprint density at radius 1 is 0.302 bits per heavy atom. The van der Waals surface area contributed by atoms with Crippen LogP contribution in [-0.4, -0.2) is 4.57 Å². The van der Waals surface area contributed by atoms with Crippen molar-refractivity contribution in [2.24, 2.45) is 0 Å². The maximum absolute atomic E-state index is 6.25. The highest BCUT2D eigenvalue weighted by Gasteiger charge is 2.18. The molecule has 0 fully saturated rings. The summed E-state index contributed by atoms with van der Waals surface area (Å²) in [7, 11) is 0. The Balaban J connectivity index is 0.948. The molecule has 13 rings (SSSR count). The van der Waals surface area contributed by atoms with E-state index in [9.17, 15) is 0 Å². The molecular formula is C60H38N2O. The summed E-state index contributed by atoms with van der Waals surface area (Å²) in [6.45, 7) is 0. The van der Waals surface area contributed by atoms with Gasteiger partial charge in [-0.25, -0.2) is 0 Å². The minimum atomic E-state index is 0.904. The van der Waals surface area contributed by atoms with Crippen molar-refractivity contribution >= 4 is 93.1 Å². The quantitative estimate of drug-likeness (QED) is 0.156. The third kappa shape index (κ3) is 5.60. The first kappa shape index (κ1) is 35.4. The summed E-state index contributed by atoms with van der Waals surface area (Å²) in [6, 6.07) is 83.5. The van der Waals surface area contributed by atoms with Gasteiger partial charge in [0.25, 0.3) is 0 Å². The Hall–Kier alpha value is -8.40. The van der Waals surface area contributed by atoms with Crippen LogP contribution in [0.25, 0.3) is 104 Å². The lowest BCUT2D eigenvalue weighted by molar-refractivity contribution is 0.669. The highest BCUT2D eigenvalue weighted by atomic mass is 16.3. The Labute approximate surface area is 363 Å². The van der Waals surface area contributed by atoms with E-state index in [0.29, 0.717) is 0 Å². The van der Waals surface area contributed by atoms with E-state index < -0.39 is 0 Å². The number of hydrogen-bond acceptors (Lipinski definition) is 2. The van der Waals surface area contributed by atoms with Crippen molar-refractivity contribution < 1.29 is 4.42 Å². The Bertz CT molecular complexity index is 3820. The molecule has 0 saturated carbocycles. The van der Waals surface area contributed by atoms with Crippen molar-refractivity contribution in [3.63, 3.8) is 0 Å². The normalized spacial score (nSPS) is 11.8. The van der Waals surface area contributed by atoms with Crippen LogP contribution < -0.4 is 4.90 Å². The van der Waals surface area contributed by atoms with Crippen molar-refractivity contribution in [1.82, 2.24) is 4.57 Å². The molecule has 0 amide bonds. The molecule has 2 heterocycles. The van der Waals surface area contributed by atoms with Gasteiger partial charge in [0.15, 0.2) is 0 Å². The maximum atomic E-state index is 6.25. The number of hydrogen-bond donors (Lipinski definition) is 0. The summed E-state index contributed by atoms with van der Waals surface area (Å²) in [5.74, 6) is 0. The van der Waals surface area contributed by atoms with Gasteiger partial charge in [0, 0.05) is 44.3 Å². The van der Waals surface area contributed by atoms with Gasteiger partial charge < -0.3 is 13.9 Å². The topological polar surface area (TPSA) is 21.3 Å². The molecule has 0 aliphatic heterocycles. The van der Waals surface area contributed by atoms with E-state index in [0.717, 1.165) is 61.4 Å². The van der Waals surface area contributed by atoms with Crippen molar-refractivity contribution in [3.8, 4) is 27.9 Å². The first-order valence-electron chi connectivity index (χ1n) is 21.6. The SMILES string of the molecule is c1cc(-c2ccc(N(c3ccc(-n4c5ccccc5c5ccccc54)cc3)c3ccc4c5ccccc5c5ccccc5c4c3)cc2)cc(-c2cccc3oc4ccccc4c23)c1. The van der Waals surface area contributed by atoms with E-state index >= 15 is 0 Å². The summed E-state index contributed by atoms with van der Waals surface area (Å²) >= 11 is 0. The third-order valence-corrected chi connectivity index (χ3v) is 13.0. The lowest BCUT2D eigenvalue weighted by atomic mass is 9.94. The zero-order valence-electron chi connectivity index (χ0n) is 34.2. The number of rotatable bonds is 6. The van der Waals surface area contributed by atoms with Gasteiger partial charge in [0.05, 0.1) is 11.0 Å². The minimum absolute atomic E-state index is 0.904. The van der Waals surface area contributed by atoms with E-state index in [1.165, 1.54) is 59.7 Å². The molecule has 294 valence electrons. The third-order valence-electron chi connectivity index (χ3n) is 13.0. The van der Waals surface area contributed by atoms with E-state index in [1.54, 1.807) is 0 Å². The minimum Gasteiger partial charge on any atom is -0.456 e. The van der Waals surface area contributed by atoms with Crippen LogP contribution in [0.4, 0.5) is 17.1 Å². The molecule has 0 atom stereocenters. The predicted molar refractivity (Wildman–Crippen MR) is 266 cm³/mol. The fourth-order valence-electron chi connectivity index (χ4n) is 10.1. The van der Waals surface area contributed by atoms with Crippen molar-refractivity contribution in [1.29, 1.82) is 0 Å². The van der Waals surface area contributed by atoms with Crippen LogP contribution >= 0.6 is 0 Å². The number of benzene rings is 11. The van der Waals surface area contributed by atoms with Crippen LogP contribution in [0.5, 0.6) is 0 Å². The van der Waals surface area contributed by atoms with E-state index in [2.05, 4.69) is 228 Å². The van der Waals surface area contributed by atoms with Crippen LogP contribution in [-0.2, 0) is 0 Å². The van der Waals surface area contributed by atoms with Gasteiger partial charge in [-0.2, -0.15) is 0 Å². The number of fused-ring (bicyclic) bond motifs is 12. The van der Waals surface area contributed by atoms with E-state index in [4.69, 9.17) is 4.42 Å². The number of anilines is 3. The van der Waals surface area contributed by atoms with E-state index in [1.807, 2.05) is 12.1 Å². The molecular weight excluding hydrogens is 765 g/mol. The van der Waals surface area contributed by atoms with Gasteiger partial charge in [-0.3, -0.25) is 0 Å². The summed E-state index contributed by atoms with van der Waals surface area (Å²) in [5, 5.41) is 12.4. The molecule has 3 nitrogen and oxygen atoms in total. The van der Waals surface area contributed by atoms with Gasteiger partial charge in [-0.05, 0) is 133 Å². The molecule has 0 unspecified atom stereocenters. The molecule has 0 radical (unpaired) electrons.